The summed E-state index contributed by atoms with van der Waals surface area (Å²) >= 11 is 1.69. The van der Waals surface area contributed by atoms with Crippen molar-refractivity contribution in [3.8, 4) is 0 Å². The molecule has 0 bridgehead atoms. The van der Waals surface area contributed by atoms with E-state index in [9.17, 15) is 0 Å². The Balaban J connectivity index is 2.01. The number of hydrogen-bond acceptors (Lipinski definition) is 5. The molecule has 1 aromatic heterocycles. The molecule has 0 radical (unpaired) electrons. The third-order valence-electron chi connectivity index (χ3n) is 1.84. The summed E-state index contributed by atoms with van der Waals surface area (Å²) in [5.41, 5.74) is 0. The molecule has 5 nitrogen and oxygen atoms in total. The van der Waals surface area contributed by atoms with Gasteiger partial charge < -0.3 is 10.1 Å². The standard InChI is InChI=1S/C9H18N4OS/c1-8(6-10-4-3-5-14-2)15-9-11-7-12-13-9/h7-8,10H,3-6H2,1-2H3,(H,11,12,13). The first-order valence-corrected chi connectivity index (χ1v) is 5.92. The van der Waals surface area contributed by atoms with Gasteiger partial charge in [0.25, 0.3) is 0 Å². The summed E-state index contributed by atoms with van der Waals surface area (Å²) in [6, 6.07) is 0. The molecule has 1 aromatic rings. The first-order valence-electron chi connectivity index (χ1n) is 5.04. The Morgan fingerprint density at radius 3 is 3.20 bits per heavy atom. The summed E-state index contributed by atoms with van der Waals surface area (Å²) in [5.74, 6) is 0. The minimum atomic E-state index is 0.487. The largest absolute Gasteiger partial charge is 0.385 e. The molecule has 6 heteroatoms. The number of H-pyrrole nitrogens is 1. The van der Waals surface area contributed by atoms with Crippen LogP contribution in [0.1, 0.15) is 13.3 Å². The molecule has 0 aliphatic carbocycles. The van der Waals surface area contributed by atoms with Crippen LogP contribution in [0.2, 0.25) is 0 Å². The van der Waals surface area contributed by atoms with Crippen LogP contribution in [-0.4, -0.2) is 47.2 Å². The van der Waals surface area contributed by atoms with Crippen LogP contribution in [0.5, 0.6) is 0 Å². The van der Waals surface area contributed by atoms with Crippen LogP contribution in [0.4, 0.5) is 0 Å². The molecule has 86 valence electrons. The summed E-state index contributed by atoms with van der Waals surface area (Å²) in [4.78, 5) is 4.06. The van der Waals surface area contributed by atoms with Gasteiger partial charge in [0.15, 0.2) is 5.16 Å². The van der Waals surface area contributed by atoms with E-state index in [1.165, 1.54) is 6.33 Å². The Labute approximate surface area is 94.4 Å². The van der Waals surface area contributed by atoms with Crippen molar-refractivity contribution in [2.24, 2.45) is 0 Å². The monoisotopic (exact) mass is 230 g/mol. The zero-order valence-corrected chi connectivity index (χ0v) is 10.0. The number of aromatic amines is 1. The molecule has 1 heterocycles. The van der Waals surface area contributed by atoms with E-state index in [2.05, 4.69) is 27.4 Å². The van der Waals surface area contributed by atoms with Crippen LogP contribution in [0.3, 0.4) is 0 Å². The molecule has 0 aliphatic rings. The lowest BCUT2D eigenvalue weighted by Gasteiger charge is -2.10. The highest BCUT2D eigenvalue weighted by Gasteiger charge is 2.05. The summed E-state index contributed by atoms with van der Waals surface area (Å²) in [7, 11) is 1.72. The molecule has 0 spiro atoms. The lowest BCUT2D eigenvalue weighted by molar-refractivity contribution is 0.194. The van der Waals surface area contributed by atoms with Crippen LogP contribution in [0, 0.1) is 0 Å². The van der Waals surface area contributed by atoms with E-state index >= 15 is 0 Å². The Morgan fingerprint density at radius 2 is 2.53 bits per heavy atom. The highest BCUT2D eigenvalue weighted by molar-refractivity contribution is 7.99. The van der Waals surface area contributed by atoms with Gasteiger partial charge in [0.1, 0.15) is 6.33 Å². The second-order valence-electron chi connectivity index (χ2n) is 3.27. The Morgan fingerprint density at radius 1 is 1.67 bits per heavy atom. The summed E-state index contributed by atoms with van der Waals surface area (Å²) < 4.78 is 4.97. The van der Waals surface area contributed by atoms with Crippen LogP contribution in [-0.2, 0) is 4.74 Å². The third kappa shape index (κ3) is 5.76. The molecule has 2 N–H and O–H groups in total. The molecular weight excluding hydrogens is 212 g/mol. The molecule has 15 heavy (non-hydrogen) atoms. The third-order valence-corrected chi connectivity index (χ3v) is 2.83. The number of nitrogens with one attached hydrogen (secondary N) is 2. The number of rotatable bonds is 8. The summed E-state index contributed by atoms with van der Waals surface area (Å²) in [6.45, 7) is 4.94. The van der Waals surface area contributed by atoms with Gasteiger partial charge in [-0.25, -0.2) is 4.98 Å². The van der Waals surface area contributed by atoms with E-state index in [0.29, 0.717) is 5.25 Å². The molecule has 0 aromatic carbocycles. The Kier molecular flexibility index (Phi) is 6.38. The van der Waals surface area contributed by atoms with Crippen molar-refractivity contribution in [3.05, 3.63) is 6.33 Å². The fraction of sp³-hybridized carbons (Fsp3) is 0.778. The molecule has 0 saturated heterocycles. The van der Waals surface area contributed by atoms with Crippen LogP contribution >= 0.6 is 11.8 Å². The first-order chi connectivity index (χ1) is 7.33. The van der Waals surface area contributed by atoms with Gasteiger partial charge in [-0.15, -0.1) is 0 Å². The highest BCUT2D eigenvalue weighted by atomic mass is 32.2. The van der Waals surface area contributed by atoms with Crippen molar-refractivity contribution < 1.29 is 4.74 Å². The number of ether oxygens (including phenoxy) is 1. The van der Waals surface area contributed by atoms with E-state index in [4.69, 9.17) is 4.74 Å². The average molecular weight is 230 g/mol. The van der Waals surface area contributed by atoms with Gasteiger partial charge in [-0.05, 0) is 13.0 Å². The molecule has 0 amide bonds. The number of hydrogen-bond donors (Lipinski definition) is 2. The smallest absolute Gasteiger partial charge is 0.183 e. The number of nitrogens with zero attached hydrogens (tertiary/aromatic N) is 2. The van der Waals surface area contributed by atoms with Crippen molar-refractivity contribution in [1.82, 2.24) is 20.5 Å². The molecule has 1 unspecified atom stereocenters. The Hall–Kier alpha value is -0.590. The summed E-state index contributed by atoms with van der Waals surface area (Å²) in [6.07, 6.45) is 2.58. The van der Waals surface area contributed by atoms with Gasteiger partial charge in [-0.2, -0.15) is 5.10 Å². The minimum Gasteiger partial charge on any atom is -0.385 e. The predicted octanol–water partition coefficient (Wildman–Crippen LogP) is 0.911. The average Bonchev–Trinajstić information content (AvgIpc) is 2.70. The second kappa shape index (κ2) is 7.67. The maximum Gasteiger partial charge on any atom is 0.183 e. The molecule has 1 atom stereocenters. The minimum absolute atomic E-state index is 0.487. The van der Waals surface area contributed by atoms with Gasteiger partial charge in [0, 0.05) is 25.5 Å². The van der Waals surface area contributed by atoms with Gasteiger partial charge in [0.05, 0.1) is 0 Å². The maximum atomic E-state index is 4.97. The fourth-order valence-corrected chi connectivity index (χ4v) is 1.93. The van der Waals surface area contributed by atoms with Gasteiger partial charge in [-0.1, -0.05) is 18.7 Å². The number of aromatic nitrogens is 3. The van der Waals surface area contributed by atoms with Crippen LogP contribution in [0.25, 0.3) is 0 Å². The van der Waals surface area contributed by atoms with Gasteiger partial charge in [0.2, 0.25) is 0 Å². The molecule has 0 aliphatic heterocycles. The van der Waals surface area contributed by atoms with E-state index < -0.39 is 0 Å². The van der Waals surface area contributed by atoms with Crippen molar-refractivity contribution in [2.45, 2.75) is 23.8 Å². The highest BCUT2D eigenvalue weighted by Crippen LogP contribution is 2.16. The van der Waals surface area contributed by atoms with Gasteiger partial charge >= 0.3 is 0 Å². The van der Waals surface area contributed by atoms with Crippen molar-refractivity contribution >= 4 is 11.8 Å². The van der Waals surface area contributed by atoms with Crippen LogP contribution in [0.15, 0.2) is 11.5 Å². The van der Waals surface area contributed by atoms with E-state index in [1.54, 1.807) is 18.9 Å². The predicted molar refractivity (Wildman–Crippen MR) is 61.1 cm³/mol. The SMILES string of the molecule is COCCCNCC(C)Sc1ncn[nH]1. The quantitative estimate of drug-likeness (QED) is 0.513. The van der Waals surface area contributed by atoms with Crippen molar-refractivity contribution in [3.63, 3.8) is 0 Å². The fourth-order valence-electron chi connectivity index (χ4n) is 1.13. The molecule has 0 saturated carbocycles. The maximum absolute atomic E-state index is 4.97. The normalized spacial score (nSPS) is 12.9. The lowest BCUT2D eigenvalue weighted by Crippen LogP contribution is -2.24. The van der Waals surface area contributed by atoms with Crippen molar-refractivity contribution in [1.29, 1.82) is 0 Å². The van der Waals surface area contributed by atoms with E-state index in [0.717, 1.165) is 31.3 Å². The number of thioether (sulfide) groups is 1. The zero-order valence-electron chi connectivity index (χ0n) is 9.19. The number of methoxy groups -OCH3 is 1. The second-order valence-corrected chi connectivity index (χ2v) is 4.70. The van der Waals surface area contributed by atoms with Crippen molar-refractivity contribution in [2.75, 3.05) is 26.8 Å². The first kappa shape index (κ1) is 12.5. The molecule has 0 fully saturated rings. The topological polar surface area (TPSA) is 62.8 Å². The molecule has 1 rings (SSSR count). The van der Waals surface area contributed by atoms with Crippen LogP contribution < -0.4 is 5.32 Å². The summed E-state index contributed by atoms with van der Waals surface area (Å²) in [5, 5.41) is 11.4. The molecular formula is C9H18N4OS. The van der Waals surface area contributed by atoms with E-state index in [1.807, 2.05) is 0 Å². The lowest BCUT2D eigenvalue weighted by atomic mass is 10.4. The van der Waals surface area contributed by atoms with Gasteiger partial charge in [-0.3, -0.25) is 5.10 Å². The van der Waals surface area contributed by atoms with E-state index in [-0.39, 0.29) is 0 Å². The Bertz CT molecular complexity index is 242. The zero-order chi connectivity index (χ0) is 10.9.